The summed E-state index contributed by atoms with van der Waals surface area (Å²) in [5, 5.41) is 3.39. The van der Waals surface area contributed by atoms with Crippen molar-refractivity contribution in [2.45, 2.75) is 0 Å². The molecule has 26 heavy (non-hydrogen) atoms. The first-order chi connectivity index (χ1) is 12.5. The fourth-order valence-corrected chi connectivity index (χ4v) is 3.75. The maximum atomic E-state index is 12.6. The quantitative estimate of drug-likeness (QED) is 0.561. The van der Waals surface area contributed by atoms with Crippen molar-refractivity contribution in [3.05, 3.63) is 75.1 Å². The third kappa shape index (κ3) is 3.90. The minimum atomic E-state index is -0.523. The highest BCUT2D eigenvalue weighted by Gasteiger charge is 2.21. The maximum Gasteiger partial charge on any atom is 0.350 e. The lowest BCUT2D eigenvalue weighted by atomic mass is 10.1. The highest BCUT2D eigenvalue weighted by atomic mass is 35.5. The zero-order valence-corrected chi connectivity index (χ0v) is 15.9. The molecule has 4 nitrogen and oxygen atoms in total. The molecule has 1 amide bonds. The number of hydrogen-bond acceptors (Lipinski definition) is 4. The molecule has 1 heterocycles. The van der Waals surface area contributed by atoms with Gasteiger partial charge in [-0.25, -0.2) is 4.79 Å². The van der Waals surface area contributed by atoms with Crippen LogP contribution in [0.1, 0.15) is 20.0 Å². The number of anilines is 1. The van der Waals surface area contributed by atoms with Gasteiger partial charge in [-0.2, -0.15) is 0 Å². The Kier molecular flexibility index (Phi) is 5.61. The van der Waals surface area contributed by atoms with Crippen LogP contribution in [0.15, 0.2) is 54.6 Å². The molecule has 0 aliphatic heterocycles. The van der Waals surface area contributed by atoms with Crippen molar-refractivity contribution in [2.75, 3.05) is 12.4 Å². The van der Waals surface area contributed by atoms with Crippen LogP contribution in [-0.4, -0.2) is 19.0 Å². The Labute approximate surface area is 164 Å². The first-order valence-electron chi connectivity index (χ1n) is 7.53. The zero-order chi connectivity index (χ0) is 18.7. The van der Waals surface area contributed by atoms with Crippen LogP contribution in [0.25, 0.3) is 10.4 Å². The number of thiophene rings is 1. The molecule has 132 valence electrons. The fourth-order valence-electron chi connectivity index (χ4n) is 2.33. The topological polar surface area (TPSA) is 55.4 Å². The van der Waals surface area contributed by atoms with Crippen molar-refractivity contribution in [1.29, 1.82) is 0 Å². The van der Waals surface area contributed by atoms with E-state index in [2.05, 4.69) is 5.32 Å². The van der Waals surface area contributed by atoms with Crippen LogP contribution < -0.4 is 5.32 Å². The number of nitrogens with one attached hydrogen (secondary N) is 1. The average Bonchev–Trinajstić information content (AvgIpc) is 3.07. The molecule has 0 unspecified atom stereocenters. The summed E-state index contributed by atoms with van der Waals surface area (Å²) >= 11 is 13.3. The van der Waals surface area contributed by atoms with Gasteiger partial charge in [0, 0.05) is 9.90 Å². The van der Waals surface area contributed by atoms with Gasteiger partial charge in [0.2, 0.25) is 0 Å². The Balaban J connectivity index is 1.98. The van der Waals surface area contributed by atoms with Gasteiger partial charge in [-0.3, -0.25) is 4.79 Å². The molecule has 3 aromatic rings. The number of carbonyl (C=O) groups is 2. The second-order valence-corrected chi connectivity index (χ2v) is 7.19. The van der Waals surface area contributed by atoms with E-state index in [1.165, 1.54) is 24.5 Å². The lowest BCUT2D eigenvalue weighted by molar-refractivity contribution is 0.0607. The van der Waals surface area contributed by atoms with Crippen molar-refractivity contribution in [3.8, 4) is 10.4 Å². The summed E-state index contributed by atoms with van der Waals surface area (Å²) in [4.78, 5) is 25.8. The van der Waals surface area contributed by atoms with E-state index >= 15 is 0 Å². The van der Waals surface area contributed by atoms with Gasteiger partial charge in [0.05, 0.1) is 23.4 Å². The van der Waals surface area contributed by atoms with E-state index in [4.69, 9.17) is 27.9 Å². The third-order valence-corrected chi connectivity index (χ3v) is 5.31. The number of benzene rings is 2. The number of carbonyl (C=O) groups excluding carboxylic acids is 2. The molecule has 0 atom stereocenters. The van der Waals surface area contributed by atoms with Crippen LogP contribution in [0.4, 0.5) is 5.69 Å². The number of hydrogen-bond donors (Lipinski definition) is 1. The molecule has 3 rings (SSSR count). The van der Waals surface area contributed by atoms with Gasteiger partial charge < -0.3 is 10.1 Å². The Bertz CT molecular complexity index is 970. The second kappa shape index (κ2) is 7.91. The van der Waals surface area contributed by atoms with Crippen LogP contribution in [0, 0.1) is 0 Å². The molecule has 1 aromatic heterocycles. The third-order valence-electron chi connectivity index (χ3n) is 3.58. The molecule has 0 saturated heterocycles. The highest BCUT2D eigenvalue weighted by Crippen LogP contribution is 2.35. The highest BCUT2D eigenvalue weighted by molar-refractivity contribution is 7.18. The summed E-state index contributed by atoms with van der Waals surface area (Å²) in [5.41, 5.74) is 1.52. The number of halogens is 2. The van der Waals surface area contributed by atoms with E-state index in [1.807, 2.05) is 30.3 Å². The van der Waals surface area contributed by atoms with Crippen LogP contribution >= 0.6 is 34.5 Å². The standard InChI is InChI=1S/C19H13Cl2NO3S/c1-25-19(24)17-15(10-16(26-17)11-5-3-2-4-6-11)22-18(23)13-9-12(20)7-8-14(13)21/h2-10H,1H3,(H,22,23). The first-order valence-corrected chi connectivity index (χ1v) is 9.11. The molecule has 0 fully saturated rings. The molecular weight excluding hydrogens is 393 g/mol. The summed E-state index contributed by atoms with van der Waals surface area (Å²) in [5.74, 6) is -0.982. The molecule has 0 aliphatic rings. The second-order valence-electron chi connectivity index (χ2n) is 5.29. The number of esters is 1. The van der Waals surface area contributed by atoms with Crippen molar-refractivity contribution in [2.24, 2.45) is 0 Å². The van der Waals surface area contributed by atoms with Gasteiger partial charge in [-0.1, -0.05) is 53.5 Å². The number of methoxy groups -OCH3 is 1. The average molecular weight is 406 g/mol. The summed E-state index contributed by atoms with van der Waals surface area (Å²) in [6, 6.07) is 15.9. The van der Waals surface area contributed by atoms with E-state index in [0.717, 1.165) is 10.4 Å². The predicted octanol–water partition coefficient (Wildman–Crippen LogP) is 5.76. The molecule has 0 saturated carbocycles. The molecule has 0 radical (unpaired) electrons. The fraction of sp³-hybridized carbons (Fsp3) is 0.0526. The predicted molar refractivity (Wildman–Crippen MR) is 106 cm³/mol. The maximum absolute atomic E-state index is 12.6. The van der Waals surface area contributed by atoms with Gasteiger partial charge in [-0.15, -0.1) is 11.3 Å². The van der Waals surface area contributed by atoms with Gasteiger partial charge in [0.15, 0.2) is 0 Å². The molecule has 7 heteroatoms. The minimum Gasteiger partial charge on any atom is -0.465 e. The summed E-state index contributed by atoms with van der Waals surface area (Å²) in [7, 11) is 1.30. The summed E-state index contributed by atoms with van der Waals surface area (Å²) in [6.07, 6.45) is 0. The van der Waals surface area contributed by atoms with Crippen molar-refractivity contribution in [3.63, 3.8) is 0 Å². The van der Waals surface area contributed by atoms with Gasteiger partial charge in [0.25, 0.3) is 5.91 Å². The molecular formula is C19H13Cl2NO3S. The normalized spacial score (nSPS) is 10.4. The largest absolute Gasteiger partial charge is 0.465 e. The summed E-state index contributed by atoms with van der Waals surface area (Å²) < 4.78 is 4.83. The molecule has 0 bridgehead atoms. The Morgan fingerprint density at radius 1 is 1.04 bits per heavy atom. The summed E-state index contributed by atoms with van der Waals surface area (Å²) in [6.45, 7) is 0. The van der Waals surface area contributed by atoms with Crippen LogP contribution in [-0.2, 0) is 4.74 Å². The minimum absolute atomic E-state index is 0.224. The van der Waals surface area contributed by atoms with Crippen molar-refractivity contribution >= 4 is 52.1 Å². The molecule has 0 spiro atoms. The van der Waals surface area contributed by atoms with Crippen molar-refractivity contribution in [1.82, 2.24) is 0 Å². The van der Waals surface area contributed by atoms with Gasteiger partial charge in [0.1, 0.15) is 4.88 Å². The number of rotatable bonds is 4. The molecule has 1 N–H and O–H groups in total. The van der Waals surface area contributed by atoms with Crippen LogP contribution in [0.3, 0.4) is 0 Å². The Morgan fingerprint density at radius 3 is 2.46 bits per heavy atom. The Hall–Kier alpha value is -2.34. The van der Waals surface area contributed by atoms with Crippen molar-refractivity contribution < 1.29 is 14.3 Å². The van der Waals surface area contributed by atoms with Gasteiger partial charge in [-0.05, 0) is 29.8 Å². The zero-order valence-electron chi connectivity index (χ0n) is 13.6. The lowest BCUT2D eigenvalue weighted by Crippen LogP contribution is -2.14. The first kappa shape index (κ1) is 18.5. The van der Waals surface area contributed by atoms with E-state index in [9.17, 15) is 9.59 Å². The SMILES string of the molecule is COC(=O)c1sc(-c2ccccc2)cc1NC(=O)c1cc(Cl)ccc1Cl. The molecule has 2 aromatic carbocycles. The van der Waals surface area contributed by atoms with Crippen LogP contribution in [0.5, 0.6) is 0 Å². The van der Waals surface area contributed by atoms with E-state index < -0.39 is 11.9 Å². The number of ether oxygens (including phenoxy) is 1. The Morgan fingerprint density at radius 2 is 1.77 bits per heavy atom. The smallest absolute Gasteiger partial charge is 0.350 e. The molecule has 0 aliphatic carbocycles. The van der Waals surface area contributed by atoms with Gasteiger partial charge >= 0.3 is 5.97 Å². The number of amides is 1. The monoisotopic (exact) mass is 405 g/mol. The van der Waals surface area contributed by atoms with E-state index in [1.54, 1.807) is 18.2 Å². The van der Waals surface area contributed by atoms with E-state index in [0.29, 0.717) is 15.6 Å². The lowest BCUT2D eigenvalue weighted by Gasteiger charge is -2.07. The van der Waals surface area contributed by atoms with E-state index in [-0.39, 0.29) is 10.6 Å². The van der Waals surface area contributed by atoms with Crippen LogP contribution in [0.2, 0.25) is 10.0 Å².